The molecule has 1 saturated heterocycles. The zero-order chi connectivity index (χ0) is 22.2. The van der Waals surface area contributed by atoms with Crippen molar-refractivity contribution < 1.29 is 9.53 Å². The highest BCUT2D eigenvalue weighted by Crippen LogP contribution is 2.22. The molecule has 32 heavy (non-hydrogen) atoms. The molecule has 1 aromatic heterocycles. The Hall–Kier alpha value is -3.26. The molecule has 2 heterocycles. The SMILES string of the molecule is CCOc1ccc(NC(=O)CSc2nccc(N3CCN(c4ccccc4)CC3)n2)cc1. The first-order chi connectivity index (χ1) is 15.7. The van der Waals surface area contributed by atoms with E-state index in [4.69, 9.17) is 4.74 Å². The Bertz CT molecular complexity index is 1010. The van der Waals surface area contributed by atoms with Gasteiger partial charge in [0.25, 0.3) is 0 Å². The topological polar surface area (TPSA) is 70.6 Å². The van der Waals surface area contributed by atoms with Crippen LogP contribution in [0.25, 0.3) is 0 Å². The molecule has 1 fully saturated rings. The second-order valence-corrected chi connectivity index (χ2v) is 8.24. The Balaban J connectivity index is 1.27. The monoisotopic (exact) mass is 449 g/mol. The van der Waals surface area contributed by atoms with Crippen LogP contribution in [-0.2, 0) is 4.79 Å². The maximum Gasteiger partial charge on any atom is 0.234 e. The lowest BCUT2D eigenvalue weighted by Crippen LogP contribution is -2.46. The van der Waals surface area contributed by atoms with Crippen molar-refractivity contribution in [3.63, 3.8) is 0 Å². The van der Waals surface area contributed by atoms with Gasteiger partial charge in [-0.1, -0.05) is 30.0 Å². The Morgan fingerprint density at radius 2 is 1.72 bits per heavy atom. The first-order valence-electron chi connectivity index (χ1n) is 10.7. The van der Waals surface area contributed by atoms with E-state index in [0.717, 1.165) is 43.4 Å². The third-order valence-corrected chi connectivity index (χ3v) is 5.99. The normalized spacial score (nSPS) is 13.7. The number of anilines is 3. The number of hydrogen-bond donors (Lipinski definition) is 1. The smallest absolute Gasteiger partial charge is 0.234 e. The zero-order valence-electron chi connectivity index (χ0n) is 18.1. The van der Waals surface area contributed by atoms with E-state index in [9.17, 15) is 4.79 Å². The van der Waals surface area contributed by atoms with Crippen LogP contribution in [0.3, 0.4) is 0 Å². The molecule has 0 saturated carbocycles. The van der Waals surface area contributed by atoms with Crippen molar-refractivity contribution >= 4 is 34.9 Å². The molecule has 0 aliphatic carbocycles. The Morgan fingerprint density at radius 3 is 2.44 bits per heavy atom. The summed E-state index contributed by atoms with van der Waals surface area (Å²) >= 11 is 1.34. The van der Waals surface area contributed by atoms with Gasteiger partial charge in [0.1, 0.15) is 11.6 Å². The van der Waals surface area contributed by atoms with Crippen LogP contribution in [0, 0.1) is 0 Å². The third kappa shape index (κ3) is 5.91. The lowest BCUT2D eigenvalue weighted by atomic mass is 10.2. The van der Waals surface area contributed by atoms with E-state index in [1.165, 1.54) is 17.4 Å². The van der Waals surface area contributed by atoms with Crippen molar-refractivity contribution in [1.82, 2.24) is 9.97 Å². The first kappa shape index (κ1) is 22.0. The van der Waals surface area contributed by atoms with Crippen LogP contribution in [0.15, 0.2) is 72.0 Å². The maximum atomic E-state index is 12.3. The molecular weight excluding hydrogens is 422 g/mol. The number of amides is 1. The Kier molecular flexibility index (Phi) is 7.45. The number of carbonyl (C=O) groups is 1. The molecule has 3 aromatic rings. The molecule has 7 nitrogen and oxygen atoms in total. The summed E-state index contributed by atoms with van der Waals surface area (Å²) < 4.78 is 5.42. The van der Waals surface area contributed by atoms with Gasteiger partial charge >= 0.3 is 0 Å². The summed E-state index contributed by atoms with van der Waals surface area (Å²) in [5.41, 5.74) is 2.00. The fraction of sp³-hybridized carbons (Fsp3) is 0.292. The lowest BCUT2D eigenvalue weighted by molar-refractivity contribution is -0.113. The average molecular weight is 450 g/mol. The molecular formula is C24H27N5O2S. The van der Waals surface area contributed by atoms with Crippen LogP contribution in [0.4, 0.5) is 17.2 Å². The second kappa shape index (κ2) is 10.9. The molecule has 1 amide bonds. The third-order valence-electron chi connectivity index (χ3n) is 5.13. The van der Waals surface area contributed by atoms with Crippen LogP contribution in [0.1, 0.15) is 6.92 Å². The predicted octanol–water partition coefficient (Wildman–Crippen LogP) is 3.93. The number of ether oxygens (including phenoxy) is 1. The first-order valence-corrected chi connectivity index (χ1v) is 11.7. The van der Waals surface area contributed by atoms with Gasteiger partial charge < -0.3 is 19.9 Å². The fourth-order valence-electron chi connectivity index (χ4n) is 3.54. The van der Waals surface area contributed by atoms with Crippen molar-refractivity contribution in [3.05, 3.63) is 66.9 Å². The minimum atomic E-state index is -0.0929. The van der Waals surface area contributed by atoms with E-state index < -0.39 is 0 Å². The molecule has 4 rings (SSSR count). The van der Waals surface area contributed by atoms with Crippen molar-refractivity contribution in [3.8, 4) is 5.75 Å². The predicted molar refractivity (Wildman–Crippen MR) is 130 cm³/mol. The molecule has 0 atom stereocenters. The number of thioether (sulfide) groups is 1. The number of aromatic nitrogens is 2. The lowest BCUT2D eigenvalue weighted by Gasteiger charge is -2.36. The molecule has 0 spiro atoms. The van der Waals surface area contributed by atoms with E-state index in [-0.39, 0.29) is 11.7 Å². The van der Waals surface area contributed by atoms with Crippen molar-refractivity contribution in [2.24, 2.45) is 0 Å². The van der Waals surface area contributed by atoms with Gasteiger partial charge in [0.15, 0.2) is 5.16 Å². The van der Waals surface area contributed by atoms with E-state index in [1.807, 2.05) is 43.3 Å². The molecule has 0 bridgehead atoms. The molecule has 0 unspecified atom stereocenters. The summed E-state index contributed by atoms with van der Waals surface area (Å²) in [7, 11) is 0. The summed E-state index contributed by atoms with van der Waals surface area (Å²) in [6.45, 7) is 6.24. The summed E-state index contributed by atoms with van der Waals surface area (Å²) in [4.78, 5) is 26.0. The Labute approximate surface area is 192 Å². The number of para-hydroxylation sites is 1. The number of benzene rings is 2. The molecule has 1 N–H and O–H groups in total. The minimum Gasteiger partial charge on any atom is -0.494 e. The number of hydrogen-bond acceptors (Lipinski definition) is 7. The van der Waals surface area contributed by atoms with E-state index >= 15 is 0 Å². The van der Waals surface area contributed by atoms with Crippen LogP contribution in [-0.4, -0.2) is 54.4 Å². The quantitative estimate of drug-likeness (QED) is 0.413. The van der Waals surface area contributed by atoms with Gasteiger partial charge in [0, 0.05) is 43.8 Å². The largest absolute Gasteiger partial charge is 0.494 e. The van der Waals surface area contributed by atoms with Crippen molar-refractivity contribution in [2.75, 3.05) is 53.7 Å². The number of nitrogens with one attached hydrogen (secondary N) is 1. The van der Waals surface area contributed by atoms with Crippen molar-refractivity contribution in [2.45, 2.75) is 12.1 Å². The fourth-order valence-corrected chi connectivity index (χ4v) is 4.16. The highest BCUT2D eigenvalue weighted by Gasteiger charge is 2.19. The van der Waals surface area contributed by atoms with Gasteiger partial charge in [-0.15, -0.1) is 0 Å². The van der Waals surface area contributed by atoms with Gasteiger partial charge in [-0.3, -0.25) is 4.79 Å². The van der Waals surface area contributed by atoms with E-state index in [2.05, 4.69) is 49.4 Å². The van der Waals surface area contributed by atoms with Gasteiger partial charge in [-0.25, -0.2) is 9.97 Å². The summed E-state index contributed by atoms with van der Waals surface area (Å²) in [6.07, 6.45) is 1.76. The van der Waals surface area contributed by atoms with E-state index in [1.54, 1.807) is 6.20 Å². The van der Waals surface area contributed by atoms with Crippen LogP contribution in [0.5, 0.6) is 5.75 Å². The molecule has 2 aromatic carbocycles. The van der Waals surface area contributed by atoms with E-state index in [0.29, 0.717) is 11.8 Å². The number of piperazine rings is 1. The highest BCUT2D eigenvalue weighted by atomic mass is 32.2. The average Bonchev–Trinajstić information content (AvgIpc) is 2.85. The standard InChI is InChI=1S/C24H27N5O2S/c1-2-31-21-10-8-19(9-11-21)26-23(30)18-32-24-25-13-12-22(27-24)29-16-14-28(15-17-29)20-6-4-3-5-7-20/h3-13H,2,14-18H2,1H3,(H,26,30). The van der Waals surface area contributed by atoms with Gasteiger partial charge in [-0.05, 0) is 49.4 Å². The number of nitrogens with zero attached hydrogens (tertiary/aromatic N) is 4. The second-order valence-electron chi connectivity index (χ2n) is 7.30. The maximum absolute atomic E-state index is 12.3. The van der Waals surface area contributed by atoms with Crippen LogP contribution < -0.4 is 19.9 Å². The van der Waals surface area contributed by atoms with Gasteiger partial charge in [-0.2, -0.15) is 0 Å². The molecule has 1 aliphatic rings. The zero-order valence-corrected chi connectivity index (χ0v) is 18.9. The molecule has 166 valence electrons. The van der Waals surface area contributed by atoms with Gasteiger partial charge in [0.2, 0.25) is 5.91 Å². The highest BCUT2D eigenvalue weighted by molar-refractivity contribution is 7.99. The summed E-state index contributed by atoms with van der Waals surface area (Å²) in [5.74, 6) is 1.85. The van der Waals surface area contributed by atoms with Crippen molar-refractivity contribution in [1.29, 1.82) is 0 Å². The number of rotatable bonds is 8. The van der Waals surface area contributed by atoms with Crippen LogP contribution in [0.2, 0.25) is 0 Å². The summed E-state index contributed by atoms with van der Waals surface area (Å²) in [5, 5.41) is 3.50. The minimum absolute atomic E-state index is 0.0929. The number of carbonyl (C=O) groups excluding carboxylic acids is 1. The van der Waals surface area contributed by atoms with Gasteiger partial charge in [0.05, 0.1) is 12.4 Å². The molecule has 8 heteroatoms. The Morgan fingerprint density at radius 1 is 1.00 bits per heavy atom. The molecule has 0 radical (unpaired) electrons. The molecule has 1 aliphatic heterocycles. The summed E-state index contributed by atoms with van der Waals surface area (Å²) in [6, 6.07) is 19.8. The van der Waals surface area contributed by atoms with Crippen LogP contribution >= 0.6 is 11.8 Å².